The molecule has 1 spiro atoms. The fourth-order valence-electron chi connectivity index (χ4n) is 13.8. The van der Waals surface area contributed by atoms with Crippen molar-refractivity contribution in [2.45, 2.75) is 183 Å². The molecule has 17 heteroatoms. The van der Waals surface area contributed by atoms with Crippen LogP contribution in [0.25, 0.3) is 0 Å². The standard InChI is InChI=1S/C43H68O17/c1-18-5-10-43(56-14-18)19(2)30-28(60-43)13-23-21-12-25(44)24-11-20(6-8-41(24,3)22(21)7-9-42(23,30)4)57-40-36(52)33(49)37(59-39-35(51)32(48)27(46)16-54-39)29(58-40)17-55-38-34(50)31(47)26(45)15-53-38/h18-24,26-40,45-52H,5-17H2,1-4H3/t18-,19+,20+,21-,22+,23+,24-,26+,27+,28+,29+,30+,31-,32-,33+,34+,35+,36+,37+,38-,39-,40+,41-,42+,43-/m1/s1. The number of carbonyl (C=O) groups excluding carboxylic acids is 1. The van der Waals surface area contributed by atoms with Crippen LogP contribution in [-0.4, -0.2) is 171 Å². The lowest BCUT2D eigenvalue weighted by Gasteiger charge is -2.60. The summed E-state index contributed by atoms with van der Waals surface area (Å²) in [6.07, 6.45) is -12.5. The highest BCUT2D eigenvalue weighted by molar-refractivity contribution is 5.83. The molecule has 9 rings (SSSR count). The van der Waals surface area contributed by atoms with Gasteiger partial charge in [-0.05, 0) is 85.4 Å². The molecule has 5 aliphatic heterocycles. The van der Waals surface area contributed by atoms with Crippen molar-refractivity contribution in [3.8, 4) is 0 Å². The number of fused-ring (bicyclic) bond motifs is 7. The third-order valence-electron chi connectivity index (χ3n) is 17.3. The number of hydrogen-bond donors (Lipinski definition) is 8. The van der Waals surface area contributed by atoms with Gasteiger partial charge in [-0.15, -0.1) is 0 Å². The third-order valence-corrected chi connectivity index (χ3v) is 17.3. The van der Waals surface area contributed by atoms with E-state index in [9.17, 15) is 45.6 Å². The Kier molecular flexibility index (Phi) is 12.1. The van der Waals surface area contributed by atoms with Crippen LogP contribution in [0.2, 0.25) is 0 Å². The zero-order valence-corrected chi connectivity index (χ0v) is 35.1. The van der Waals surface area contributed by atoms with E-state index in [-0.39, 0.29) is 47.8 Å². The summed E-state index contributed by atoms with van der Waals surface area (Å²) in [5.74, 6) is 1.79. The summed E-state index contributed by atoms with van der Waals surface area (Å²) in [5, 5.41) is 84.3. The molecular formula is C43H68O17. The maximum atomic E-state index is 14.4. The van der Waals surface area contributed by atoms with Gasteiger partial charge >= 0.3 is 0 Å². The number of carbonyl (C=O) groups is 1. The molecule has 0 radical (unpaired) electrons. The molecule has 60 heavy (non-hydrogen) atoms. The first-order valence-electron chi connectivity index (χ1n) is 22.6. The number of aliphatic hydroxyl groups is 8. The van der Waals surface area contributed by atoms with Gasteiger partial charge in [0.25, 0.3) is 0 Å². The maximum Gasteiger partial charge on any atom is 0.186 e. The van der Waals surface area contributed by atoms with Crippen molar-refractivity contribution in [2.75, 3.05) is 26.4 Å². The van der Waals surface area contributed by atoms with Crippen molar-refractivity contribution in [2.24, 2.45) is 52.3 Å². The molecule has 0 amide bonds. The zero-order chi connectivity index (χ0) is 42.6. The van der Waals surface area contributed by atoms with Crippen molar-refractivity contribution >= 4 is 5.78 Å². The highest BCUT2D eigenvalue weighted by atomic mass is 16.8. The minimum Gasteiger partial charge on any atom is -0.388 e. The molecule has 0 aromatic carbocycles. The minimum absolute atomic E-state index is 0.0760. The Bertz CT molecular complexity index is 1550. The van der Waals surface area contributed by atoms with Crippen molar-refractivity contribution in [3.63, 3.8) is 0 Å². The second kappa shape index (κ2) is 16.5. The second-order valence-electron chi connectivity index (χ2n) is 20.6. The summed E-state index contributed by atoms with van der Waals surface area (Å²) >= 11 is 0. The fraction of sp³-hybridized carbons (Fsp3) is 0.977. The van der Waals surface area contributed by atoms with Crippen LogP contribution >= 0.6 is 0 Å². The van der Waals surface area contributed by atoms with Gasteiger partial charge in [-0.3, -0.25) is 4.79 Å². The molecule has 4 aliphatic carbocycles. The number of rotatable bonds is 7. The SMILES string of the molecule is C[C@@H]1CC[C@@]2(OC1)O[C@H]1C[C@H]3[C@@H]4CC(=O)[C@H]5C[C@@H](O[C@H]6O[C@@H](CO[C@H]7OC[C@H](O)[C@@H](O)[C@@H]7O)[C@H](O[C@H]7OC[C@H](O)[C@@H](O)[C@@H]7O)[C@@H](O)[C@@H]6O)CC[C@]5(C)[C@H]4CC[C@]3(C)[C@H]1[C@@H]2C. The predicted molar refractivity (Wildman–Crippen MR) is 204 cm³/mol. The van der Waals surface area contributed by atoms with Gasteiger partial charge in [-0.1, -0.05) is 27.7 Å². The molecule has 0 unspecified atom stereocenters. The monoisotopic (exact) mass is 856 g/mol. The Balaban J connectivity index is 0.871. The van der Waals surface area contributed by atoms with Gasteiger partial charge in [0.2, 0.25) is 0 Å². The third kappa shape index (κ3) is 7.26. The molecule has 5 heterocycles. The van der Waals surface area contributed by atoms with Crippen LogP contribution in [0, 0.1) is 52.3 Å². The molecule has 17 nitrogen and oxygen atoms in total. The highest BCUT2D eigenvalue weighted by Crippen LogP contribution is 2.71. The van der Waals surface area contributed by atoms with Gasteiger partial charge in [0.15, 0.2) is 24.7 Å². The van der Waals surface area contributed by atoms with E-state index in [0.29, 0.717) is 48.9 Å². The van der Waals surface area contributed by atoms with E-state index in [2.05, 4.69) is 27.7 Å². The van der Waals surface area contributed by atoms with Gasteiger partial charge in [-0.25, -0.2) is 0 Å². The lowest BCUT2D eigenvalue weighted by molar-refractivity contribution is -0.361. The van der Waals surface area contributed by atoms with Crippen molar-refractivity contribution in [1.82, 2.24) is 0 Å². The number of ether oxygens (including phenoxy) is 8. The summed E-state index contributed by atoms with van der Waals surface area (Å²) in [6, 6.07) is 0. The van der Waals surface area contributed by atoms with Crippen LogP contribution in [0.15, 0.2) is 0 Å². The molecule has 0 bridgehead atoms. The molecule has 0 aromatic rings. The molecule has 9 aliphatic rings. The van der Waals surface area contributed by atoms with Crippen LogP contribution in [0.3, 0.4) is 0 Å². The summed E-state index contributed by atoms with van der Waals surface area (Å²) in [5.41, 5.74) is -0.152. The Morgan fingerprint density at radius 2 is 1.37 bits per heavy atom. The van der Waals surface area contributed by atoms with Gasteiger partial charge in [0, 0.05) is 24.7 Å². The summed E-state index contributed by atoms with van der Waals surface area (Å²) < 4.78 is 48.5. The first kappa shape index (κ1) is 44.2. The number of Topliss-reactive ketones (excluding diaryl/α,β-unsaturated/α-hetero) is 1. The average molecular weight is 857 g/mol. The van der Waals surface area contributed by atoms with Crippen LogP contribution in [0.4, 0.5) is 0 Å². The lowest BCUT2D eigenvalue weighted by Crippen LogP contribution is -2.64. The molecule has 342 valence electrons. The zero-order valence-electron chi connectivity index (χ0n) is 35.1. The largest absolute Gasteiger partial charge is 0.388 e. The van der Waals surface area contributed by atoms with E-state index in [0.717, 1.165) is 45.1 Å². The molecule has 25 atom stereocenters. The van der Waals surface area contributed by atoms with E-state index < -0.39 is 98.4 Å². The van der Waals surface area contributed by atoms with Crippen LogP contribution in [-0.2, 0) is 42.7 Å². The van der Waals surface area contributed by atoms with E-state index in [1.54, 1.807) is 0 Å². The quantitative estimate of drug-likeness (QED) is 0.153. The van der Waals surface area contributed by atoms with Gasteiger partial charge in [0.05, 0.1) is 38.6 Å². The Morgan fingerprint density at radius 1 is 0.700 bits per heavy atom. The molecular weight excluding hydrogens is 788 g/mol. The number of aliphatic hydroxyl groups excluding tert-OH is 8. The smallest absolute Gasteiger partial charge is 0.186 e. The topological polar surface area (TPSA) is 253 Å². The Hall–Kier alpha value is -0.970. The highest BCUT2D eigenvalue weighted by Gasteiger charge is 2.70. The molecule has 4 saturated carbocycles. The first-order valence-corrected chi connectivity index (χ1v) is 22.6. The average Bonchev–Trinajstić information content (AvgIpc) is 3.67. The van der Waals surface area contributed by atoms with E-state index in [1.165, 1.54) is 0 Å². The van der Waals surface area contributed by atoms with E-state index in [4.69, 9.17) is 37.9 Å². The second-order valence-corrected chi connectivity index (χ2v) is 20.6. The summed E-state index contributed by atoms with van der Waals surface area (Å²) in [7, 11) is 0. The molecule has 8 N–H and O–H groups in total. The van der Waals surface area contributed by atoms with Crippen molar-refractivity contribution in [3.05, 3.63) is 0 Å². The molecule has 9 fully saturated rings. The van der Waals surface area contributed by atoms with Crippen molar-refractivity contribution < 1.29 is 83.5 Å². The molecule has 5 saturated heterocycles. The van der Waals surface area contributed by atoms with Crippen LogP contribution in [0.1, 0.15) is 85.5 Å². The van der Waals surface area contributed by atoms with E-state index >= 15 is 0 Å². The van der Waals surface area contributed by atoms with Gasteiger partial charge in [0.1, 0.15) is 66.8 Å². The normalized spacial score (nSPS) is 58.0. The lowest BCUT2D eigenvalue weighted by atomic mass is 9.44. The predicted octanol–water partition coefficient (Wildman–Crippen LogP) is -0.276. The fourth-order valence-corrected chi connectivity index (χ4v) is 13.8. The van der Waals surface area contributed by atoms with Crippen LogP contribution < -0.4 is 0 Å². The van der Waals surface area contributed by atoms with Gasteiger partial charge in [-0.2, -0.15) is 0 Å². The number of hydrogen-bond acceptors (Lipinski definition) is 17. The van der Waals surface area contributed by atoms with Crippen LogP contribution in [0.5, 0.6) is 0 Å². The Labute approximate surface area is 350 Å². The minimum atomic E-state index is -1.71. The van der Waals surface area contributed by atoms with E-state index in [1.807, 2.05) is 0 Å². The Morgan fingerprint density at radius 3 is 2.07 bits per heavy atom. The number of ketones is 1. The first-order chi connectivity index (χ1) is 28.5. The van der Waals surface area contributed by atoms with Gasteiger partial charge < -0.3 is 78.7 Å². The summed E-state index contributed by atoms with van der Waals surface area (Å²) in [4.78, 5) is 14.4. The summed E-state index contributed by atoms with van der Waals surface area (Å²) in [6.45, 7) is 8.90. The van der Waals surface area contributed by atoms with Crippen molar-refractivity contribution in [1.29, 1.82) is 0 Å². The molecule has 0 aromatic heterocycles. The maximum absolute atomic E-state index is 14.4.